The largest absolute Gasteiger partial charge is 0.274 e. The van der Waals surface area contributed by atoms with Gasteiger partial charge in [0, 0.05) is 24.4 Å². The van der Waals surface area contributed by atoms with Gasteiger partial charge in [-0.2, -0.15) is 0 Å². The highest BCUT2D eigenvalue weighted by Gasteiger charge is 2.35. The number of pyridine rings is 2. The number of hydrogen-bond donors (Lipinski definition) is 0. The highest BCUT2D eigenvalue weighted by atomic mass is 32.2. The predicted octanol–water partition coefficient (Wildman–Crippen LogP) is 3.68. The molecule has 2 amide bonds. The highest BCUT2D eigenvalue weighted by molar-refractivity contribution is 7.90. The minimum atomic E-state index is -3.59. The molecule has 0 saturated carbocycles. The molecular formula is C25H18FN3O4S. The molecule has 3 heterocycles. The van der Waals surface area contributed by atoms with Gasteiger partial charge in [-0.05, 0) is 36.2 Å². The standard InChI is InChI=1S/C25H18FN3O4S/c1-34(32,33)22-9-5-4-8-19(22)23-15(12-20-21(28-23)13-16(26)14-27-20)10-11-29-24(30)17-6-2-3-7-18(17)25(29)31/h2-9,12-14H,10-11H2,1H3. The Morgan fingerprint density at radius 3 is 2.15 bits per heavy atom. The van der Waals surface area contributed by atoms with Crippen molar-refractivity contribution in [2.75, 3.05) is 12.8 Å². The lowest BCUT2D eigenvalue weighted by Gasteiger charge is -2.17. The third-order valence-corrected chi connectivity index (χ3v) is 6.89. The Hall–Kier alpha value is -3.98. The maximum absolute atomic E-state index is 13.8. The molecule has 34 heavy (non-hydrogen) atoms. The summed E-state index contributed by atoms with van der Waals surface area (Å²) in [4.78, 5) is 35.4. The zero-order valence-corrected chi connectivity index (χ0v) is 18.8. The number of aromatic nitrogens is 2. The van der Waals surface area contributed by atoms with Crippen LogP contribution in [-0.4, -0.2) is 47.9 Å². The number of hydrogen-bond acceptors (Lipinski definition) is 6. The molecule has 2 aromatic carbocycles. The molecule has 0 N–H and O–H groups in total. The zero-order valence-electron chi connectivity index (χ0n) is 18.0. The molecule has 0 aliphatic carbocycles. The van der Waals surface area contributed by atoms with Gasteiger partial charge in [0.15, 0.2) is 9.84 Å². The van der Waals surface area contributed by atoms with Crippen molar-refractivity contribution in [3.05, 3.63) is 89.4 Å². The van der Waals surface area contributed by atoms with E-state index >= 15 is 0 Å². The molecule has 4 aromatic rings. The average Bonchev–Trinajstić information content (AvgIpc) is 3.06. The molecular weight excluding hydrogens is 457 g/mol. The van der Waals surface area contributed by atoms with Crippen LogP contribution < -0.4 is 0 Å². The Labute approximate surface area is 194 Å². The van der Waals surface area contributed by atoms with Gasteiger partial charge in [0.25, 0.3) is 11.8 Å². The van der Waals surface area contributed by atoms with Crippen LogP contribution in [0.3, 0.4) is 0 Å². The number of nitrogens with zero attached hydrogens (tertiary/aromatic N) is 3. The van der Waals surface area contributed by atoms with Crippen LogP contribution in [0.2, 0.25) is 0 Å². The molecule has 0 spiro atoms. The first-order chi connectivity index (χ1) is 16.2. The second-order valence-corrected chi connectivity index (χ2v) is 10.00. The number of imide groups is 1. The number of fused-ring (bicyclic) bond motifs is 2. The number of carbonyl (C=O) groups is 2. The lowest BCUT2D eigenvalue weighted by atomic mass is 10.0. The van der Waals surface area contributed by atoms with E-state index in [4.69, 9.17) is 0 Å². The lowest BCUT2D eigenvalue weighted by Crippen LogP contribution is -2.31. The van der Waals surface area contributed by atoms with Crippen molar-refractivity contribution >= 4 is 32.7 Å². The molecule has 5 rings (SSSR count). The third-order valence-electron chi connectivity index (χ3n) is 5.74. The molecule has 0 unspecified atom stereocenters. The third kappa shape index (κ3) is 3.73. The van der Waals surface area contributed by atoms with Gasteiger partial charge >= 0.3 is 0 Å². The summed E-state index contributed by atoms with van der Waals surface area (Å²) in [5.74, 6) is -1.33. The van der Waals surface area contributed by atoms with Crippen LogP contribution >= 0.6 is 0 Å². The second kappa shape index (κ2) is 8.11. The van der Waals surface area contributed by atoms with Crippen molar-refractivity contribution in [3.63, 3.8) is 0 Å². The molecule has 0 saturated heterocycles. The van der Waals surface area contributed by atoms with Crippen LogP contribution in [-0.2, 0) is 16.3 Å². The van der Waals surface area contributed by atoms with E-state index in [1.807, 2.05) is 0 Å². The minimum Gasteiger partial charge on any atom is -0.274 e. The van der Waals surface area contributed by atoms with Crippen molar-refractivity contribution in [2.24, 2.45) is 0 Å². The first-order valence-corrected chi connectivity index (χ1v) is 12.3. The fraction of sp³-hybridized carbons (Fsp3) is 0.120. The van der Waals surface area contributed by atoms with E-state index in [1.165, 1.54) is 17.0 Å². The van der Waals surface area contributed by atoms with E-state index in [-0.39, 0.29) is 35.2 Å². The number of sulfone groups is 1. The van der Waals surface area contributed by atoms with Crippen LogP contribution in [0, 0.1) is 5.82 Å². The quantitative estimate of drug-likeness (QED) is 0.409. The summed E-state index contributed by atoms with van der Waals surface area (Å²) >= 11 is 0. The minimum absolute atomic E-state index is 0.0643. The Kier molecular flexibility index (Phi) is 5.21. The first kappa shape index (κ1) is 21.8. The van der Waals surface area contributed by atoms with Gasteiger partial charge in [0.2, 0.25) is 0 Å². The molecule has 0 bridgehead atoms. The summed E-state index contributed by atoms with van der Waals surface area (Å²) in [7, 11) is -3.59. The zero-order chi connectivity index (χ0) is 24.0. The molecule has 1 aliphatic heterocycles. The van der Waals surface area contributed by atoms with Gasteiger partial charge < -0.3 is 0 Å². The SMILES string of the molecule is CS(=O)(=O)c1ccccc1-c1nc2cc(F)cnc2cc1CCN1C(=O)c2ccccc2C1=O. The number of amides is 2. The van der Waals surface area contributed by atoms with Crippen LogP contribution in [0.5, 0.6) is 0 Å². The van der Waals surface area contributed by atoms with Crippen LogP contribution in [0.15, 0.2) is 71.8 Å². The van der Waals surface area contributed by atoms with E-state index < -0.39 is 15.7 Å². The fourth-order valence-electron chi connectivity index (χ4n) is 4.15. The number of carbonyl (C=O) groups excluding carboxylic acids is 2. The summed E-state index contributed by atoms with van der Waals surface area (Å²) in [5, 5.41) is 0. The van der Waals surface area contributed by atoms with Gasteiger partial charge in [-0.25, -0.2) is 17.8 Å². The normalized spacial score (nSPS) is 13.5. The number of halogens is 1. The Morgan fingerprint density at radius 2 is 1.50 bits per heavy atom. The summed E-state index contributed by atoms with van der Waals surface area (Å²) < 4.78 is 38.7. The van der Waals surface area contributed by atoms with Crippen molar-refractivity contribution in [2.45, 2.75) is 11.3 Å². The maximum Gasteiger partial charge on any atom is 0.261 e. The Morgan fingerprint density at radius 1 is 0.882 bits per heavy atom. The van der Waals surface area contributed by atoms with Gasteiger partial charge in [0.1, 0.15) is 5.82 Å². The molecule has 1 aliphatic rings. The van der Waals surface area contributed by atoms with E-state index in [0.717, 1.165) is 12.5 Å². The molecule has 170 valence electrons. The molecule has 7 nitrogen and oxygen atoms in total. The van der Waals surface area contributed by atoms with Crippen LogP contribution in [0.4, 0.5) is 4.39 Å². The monoisotopic (exact) mass is 475 g/mol. The Balaban J connectivity index is 1.60. The summed E-state index contributed by atoms with van der Waals surface area (Å²) in [5.41, 5.74) is 2.65. The van der Waals surface area contributed by atoms with Gasteiger partial charge in [-0.15, -0.1) is 0 Å². The predicted molar refractivity (Wildman–Crippen MR) is 124 cm³/mol. The van der Waals surface area contributed by atoms with Crippen LogP contribution in [0.25, 0.3) is 22.3 Å². The Bertz CT molecular complexity index is 1570. The molecule has 9 heteroatoms. The highest BCUT2D eigenvalue weighted by Crippen LogP contribution is 2.32. The average molecular weight is 476 g/mol. The smallest absolute Gasteiger partial charge is 0.261 e. The second-order valence-electron chi connectivity index (χ2n) is 8.01. The van der Waals surface area contributed by atoms with Crippen molar-refractivity contribution in [3.8, 4) is 11.3 Å². The van der Waals surface area contributed by atoms with E-state index in [1.54, 1.807) is 48.5 Å². The summed E-state index contributed by atoms with van der Waals surface area (Å²) in [6, 6.07) is 15.9. The fourth-order valence-corrected chi connectivity index (χ4v) is 5.04. The van der Waals surface area contributed by atoms with Crippen molar-refractivity contribution in [1.29, 1.82) is 0 Å². The van der Waals surface area contributed by atoms with Gasteiger partial charge in [-0.3, -0.25) is 19.5 Å². The topological polar surface area (TPSA) is 97.3 Å². The van der Waals surface area contributed by atoms with Gasteiger partial charge in [-0.1, -0.05) is 30.3 Å². The molecule has 2 aromatic heterocycles. The first-order valence-electron chi connectivity index (χ1n) is 10.4. The van der Waals surface area contributed by atoms with Crippen molar-refractivity contribution < 1.29 is 22.4 Å². The van der Waals surface area contributed by atoms with E-state index in [0.29, 0.717) is 33.5 Å². The summed E-state index contributed by atoms with van der Waals surface area (Å²) in [6.45, 7) is 0.0643. The van der Waals surface area contributed by atoms with E-state index in [9.17, 15) is 22.4 Å². The summed E-state index contributed by atoms with van der Waals surface area (Å²) in [6.07, 6.45) is 2.38. The van der Waals surface area contributed by atoms with Crippen LogP contribution in [0.1, 0.15) is 26.3 Å². The van der Waals surface area contributed by atoms with E-state index in [2.05, 4.69) is 9.97 Å². The molecule has 0 radical (unpaired) electrons. The number of rotatable bonds is 5. The number of benzene rings is 2. The lowest BCUT2D eigenvalue weighted by molar-refractivity contribution is 0.0656. The molecule has 0 fully saturated rings. The van der Waals surface area contributed by atoms with Crippen molar-refractivity contribution in [1.82, 2.24) is 14.9 Å². The molecule has 0 atom stereocenters. The van der Waals surface area contributed by atoms with Gasteiger partial charge in [0.05, 0.1) is 38.9 Å². The maximum atomic E-state index is 13.8.